The first-order valence-electron chi connectivity index (χ1n) is 9.55. The Hall–Kier alpha value is -2.80. The fourth-order valence-corrected chi connectivity index (χ4v) is 3.43. The summed E-state index contributed by atoms with van der Waals surface area (Å²) in [6, 6.07) is 15.1. The van der Waals surface area contributed by atoms with Crippen LogP contribution in [0.1, 0.15) is 38.7 Å². The predicted molar refractivity (Wildman–Crippen MR) is 114 cm³/mol. The first-order valence-corrected chi connectivity index (χ1v) is 10.5. The maximum Gasteiger partial charge on any atom is 0.317 e. The van der Waals surface area contributed by atoms with E-state index in [4.69, 9.17) is 9.15 Å². The minimum absolute atomic E-state index is 0.00783. The lowest BCUT2D eigenvalue weighted by atomic mass is 9.97. The Bertz CT molecular complexity index is 968. The summed E-state index contributed by atoms with van der Waals surface area (Å²) in [6.07, 6.45) is 0.0570. The van der Waals surface area contributed by atoms with E-state index >= 15 is 0 Å². The Balaban J connectivity index is 1.53. The van der Waals surface area contributed by atoms with Crippen LogP contribution in [-0.4, -0.2) is 28.7 Å². The molecule has 0 fully saturated rings. The number of benzene rings is 2. The highest BCUT2D eigenvalue weighted by atomic mass is 32.2. The SMILES string of the molecule is CC[C@H](C)c1ccccc1NC(=O)[C@H](C)OC(=O)CSc1nc2ccccc2o1. The highest BCUT2D eigenvalue weighted by molar-refractivity contribution is 7.99. The van der Waals surface area contributed by atoms with Crippen molar-refractivity contribution in [2.24, 2.45) is 0 Å². The van der Waals surface area contributed by atoms with Gasteiger partial charge in [0.25, 0.3) is 11.1 Å². The van der Waals surface area contributed by atoms with Gasteiger partial charge in [-0.05, 0) is 43.0 Å². The molecule has 0 aliphatic carbocycles. The normalized spacial score (nSPS) is 13.1. The largest absolute Gasteiger partial charge is 0.452 e. The first kappa shape index (κ1) is 20.9. The number of amides is 1. The zero-order chi connectivity index (χ0) is 20.8. The third-order valence-electron chi connectivity index (χ3n) is 4.63. The van der Waals surface area contributed by atoms with E-state index in [9.17, 15) is 9.59 Å². The van der Waals surface area contributed by atoms with Crippen LogP contribution in [0, 0.1) is 0 Å². The number of carbonyl (C=O) groups is 2. The quantitative estimate of drug-likeness (QED) is 0.414. The molecule has 2 atom stereocenters. The summed E-state index contributed by atoms with van der Waals surface area (Å²) >= 11 is 1.14. The van der Waals surface area contributed by atoms with Crippen molar-refractivity contribution in [1.82, 2.24) is 4.98 Å². The van der Waals surface area contributed by atoms with E-state index in [0.717, 1.165) is 35.0 Å². The molecular weight excluding hydrogens is 388 g/mol. The van der Waals surface area contributed by atoms with Gasteiger partial charge in [-0.15, -0.1) is 0 Å². The lowest BCUT2D eigenvalue weighted by Gasteiger charge is -2.18. The van der Waals surface area contributed by atoms with E-state index in [-0.39, 0.29) is 11.7 Å². The minimum atomic E-state index is -0.906. The van der Waals surface area contributed by atoms with Gasteiger partial charge in [-0.25, -0.2) is 4.98 Å². The summed E-state index contributed by atoms with van der Waals surface area (Å²) in [5.74, 6) is -0.540. The predicted octanol–water partition coefficient (Wildman–Crippen LogP) is 5.00. The van der Waals surface area contributed by atoms with Gasteiger partial charge in [0.1, 0.15) is 11.3 Å². The molecule has 152 valence electrons. The van der Waals surface area contributed by atoms with E-state index in [1.165, 1.54) is 0 Å². The van der Waals surface area contributed by atoms with Gasteiger partial charge in [-0.3, -0.25) is 9.59 Å². The number of nitrogens with zero attached hydrogens (tertiary/aromatic N) is 1. The van der Waals surface area contributed by atoms with Crippen molar-refractivity contribution in [3.63, 3.8) is 0 Å². The highest BCUT2D eigenvalue weighted by Gasteiger charge is 2.20. The number of carbonyl (C=O) groups excluding carboxylic acids is 2. The van der Waals surface area contributed by atoms with Gasteiger partial charge in [0.2, 0.25) is 0 Å². The summed E-state index contributed by atoms with van der Waals surface area (Å²) in [7, 11) is 0. The van der Waals surface area contributed by atoms with Gasteiger partial charge in [0, 0.05) is 5.69 Å². The summed E-state index contributed by atoms with van der Waals surface area (Å²) in [6.45, 7) is 5.77. The Kier molecular flexibility index (Phi) is 6.93. The molecular formula is C22H24N2O4S. The Labute approximate surface area is 174 Å². The second-order valence-electron chi connectivity index (χ2n) is 6.75. The van der Waals surface area contributed by atoms with Gasteiger partial charge in [0.15, 0.2) is 11.7 Å². The van der Waals surface area contributed by atoms with E-state index in [1.807, 2.05) is 48.5 Å². The van der Waals surface area contributed by atoms with E-state index < -0.39 is 12.1 Å². The zero-order valence-electron chi connectivity index (χ0n) is 16.7. The van der Waals surface area contributed by atoms with Gasteiger partial charge >= 0.3 is 5.97 Å². The number of aromatic nitrogens is 1. The molecule has 1 N–H and O–H groups in total. The smallest absolute Gasteiger partial charge is 0.317 e. The van der Waals surface area contributed by atoms with Crippen LogP contribution in [0.3, 0.4) is 0 Å². The molecule has 3 rings (SSSR count). The topological polar surface area (TPSA) is 81.4 Å². The number of oxazole rings is 1. The number of ether oxygens (including phenoxy) is 1. The maximum atomic E-state index is 12.5. The van der Waals surface area contributed by atoms with Crippen LogP contribution in [0.25, 0.3) is 11.1 Å². The van der Waals surface area contributed by atoms with Crippen molar-refractivity contribution in [2.45, 2.75) is 44.4 Å². The van der Waals surface area contributed by atoms with Crippen LogP contribution >= 0.6 is 11.8 Å². The van der Waals surface area contributed by atoms with E-state index in [2.05, 4.69) is 24.1 Å². The second-order valence-corrected chi connectivity index (χ2v) is 7.68. The first-order chi connectivity index (χ1) is 14.0. The average molecular weight is 413 g/mol. The number of hydrogen-bond donors (Lipinski definition) is 1. The average Bonchev–Trinajstić information content (AvgIpc) is 3.15. The Morgan fingerprint density at radius 2 is 1.86 bits per heavy atom. The number of fused-ring (bicyclic) bond motifs is 1. The standard InChI is InChI=1S/C22H24N2O4S/c1-4-14(2)16-9-5-6-10-17(16)23-21(26)15(3)27-20(25)13-29-22-24-18-11-7-8-12-19(18)28-22/h5-12,14-15H,4,13H2,1-3H3,(H,23,26)/t14-,15-/m0/s1. The van der Waals surface area contributed by atoms with Crippen LogP contribution in [0.2, 0.25) is 0 Å². The van der Waals surface area contributed by atoms with Crippen LogP contribution in [0.15, 0.2) is 58.2 Å². The van der Waals surface area contributed by atoms with E-state index in [1.54, 1.807) is 6.92 Å². The van der Waals surface area contributed by atoms with Crippen molar-refractivity contribution >= 4 is 40.4 Å². The van der Waals surface area contributed by atoms with Gasteiger partial charge in [-0.1, -0.05) is 55.9 Å². The maximum absolute atomic E-state index is 12.5. The number of thioether (sulfide) groups is 1. The number of rotatable bonds is 8. The fraction of sp³-hybridized carbons (Fsp3) is 0.318. The molecule has 1 aromatic heterocycles. The molecule has 1 heterocycles. The third kappa shape index (κ3) is 5.38. The minimum Gasteiger partial charge on any atom is -0.452 e. The zero-order valence-corrected chi connectivity index (χ0v) is 17.5. The van der Waals surface area contributed by atoms with Gasteiger partial charge < -0.3 is 14.5 Å². The molecule has 1 amide bonds. The molecule has 0 aliphatic rings. The molecule has 0 bridgehead atoms. The van der Waals surface area contributed by atoms with Crippen LogP contribution in [0.4, 0.5) is 5.69 Å². The van der Waals surface area contributed by atoms with Crippen molar-refractivity contribution in [3.8, 4) is 0 Å². The van der Waals surface area contributed by atoms with E-state index in [0.29, 0.717) is 16.7 Å². The molecule has 29 heavy (non-hydrogen) atoms. The van der Waals surface area contributed by atoms with Gasteiger partial charge in [-0.2, -0.15) is 0 Å². The summed E-state index contributed by atoms with van der Waals surface area (Å²) in [5.41, 5.74) is 3.20. The van der Waals surface area contributed by atoms with Crippen LogP contribution in [-0.2, 0) is 14.3 Å². The fourth-order valence-electron chi connectivity index (χ4n) is 2.81. The van der Waals surface area contributed by atoms with Crippen molar-refractivity contribution in [2.75, 3.05) is 11.1 Å². The molecule has 0 spiro atoms. The molecule has 0 aliphatic heterocycles. The monoisotopic (exact) mass is 412 g/mol. The molecule has 3 aromatic rings. The molecule has 0 saturated carbocycles. The summed E-state index contributed by atoms with van der Waals surface area (Å²) < 4.78 is 10.8. The number of hydrogen-bond acceptors (Lipinski definition) is 6. The number of esters is 1. The van der Waals surface area contributed by atoms with Crippen molar-refractivity contribution in [1.29, 1.82) is 0 Å². The lowest BCUT2D eigenvalue weighted by molar-refractivity contribution is -0.150. The molecule has 7 heteroatoms. The molecule has 0 saturated heterocycles. The summed E-state index contributed by atoms with van der Waals surface area (Å²) in [5, 5.41) is 3.26. The molecule has 0 unspecified atom stereocenters. The molecule has 2 aromatic carbocycles. The van der Waals surface area contributed by atoms with Crippen LogP contribution < -0.4 is 5.32 Å². The lowest BCUT2D eigenvalue weighted by Crippen LogP contribution is -2.31. The van der Waals surface area contributed by atoms with Gasteiger partial charge in [0.05, 0.1) is 0 Å². The third-order valence-corrected chi connectivity index (χ3v) is 5.43. The Morgan fingerprint density at radius 1 is 1.14 bits per heavy atom. The summed E-state index contributed by atoms with van der Waals surface area (Å²) in [4.78, 5) is 28.9. The number of para-hydroxylation sites is 3. The van der Waals surface area contributed by atoms with Crippen molar-refractivity contribution in [3.05, 3.63) is 54.1 Å². The highest BCUT2D eigenvalue weighted by Crippen LogP contribution is 2.27. The molecule has 6 nitrogen and oxygen atoms in total. The Morgan fingerprint density at radius 3 is 2.62 bits per heavy atom. The number of anilines is 1. The number of nitrogens with one attached hydrogen (secondary N) is 1. The van der Waals surface area contributed by atoms with Crippen LogP contribution in [0.5, 0.6) is 0 Å². The van der Waals surface area contributed by atoms with Crippen molar-refractivity contribution < 1.29 is 18.7 Å². The molecule has 0 radical (unpaired) electrons. The second kappa shape index (κ2) is 9.60.